The second-order valence-electron chi connectivity index (χ2n) is 16.1. The Bertz CT molecular complexity index is 3680. The zero-order valence-corrected chi connectivity index (χ0v) is 33.6. The van der Waals surface area contributed by atoms with Crippen molar-refractivity contribution in [3.63, 3.8) is 0 Å². The van der Waals surface area contributed by atoms with E-state index in [0.717, 1.165) is 102 Å². The number of allylic oxidation sites excluding steroid dienone is 1. The van der Waals surface area contributed by atoms with Gasteiger partial charge in [-0.1, -0.05) is 146 Å². The van der Waals surface area contributed by atoms with Crippen LogP contribution in [0, 0.1) is 0 Å². The third-order valence-corrected chi connectivity index (χ3v) is 12.7. The highest BCUT2D eigenvalue weighted by Crippen LogP contribution is 2.43. The van der Waals surface area contributed by atoms with Gasteiger partial charge in [-0.25, -0.2) is 0 Å². The third-order valence-electron chi connectivity index (χ3n) is 12.7. The summed E-state index contributed by atoms with van der Waals surface area (Å²) in [4.78, 5) is 0. The molecule has 4 heterocycles. The third kappa shape index (κ3) is 5.17. The minimum absolute atomic E-state index is 0.819. The summed E-state index contributed by atoms with van der Waals surface area (Å²) in [5, 5.41) is 15.6. The molecule has 0 saturated heterocycles. The van der Waals surface area contributed by atoms with Gasteiger partial charge in [-0.3, -0.25) is 4.57 Å². The van der Waals surface area contributed by atoms with Crippen LogP contribution in [0.5, 0.6) is 0 Å². The quantitative estimate of drug-likeness (QED) is 0.168. The van der Waals surface area contributed by atoms with Crippen LogP contribution in [0.1, 0.15) is 17.7 Å². The van der Waals surface area contributed by atoms with Gasteiger partial charge in [0.1, 0.15) is 11.2 Å². The van der Waals surface area contributed by atoms with Crippen LogP contribution < -0.4 is 0 Å². The van der Waals surface area contributed by atoms with Crippen LogP contribution in [0.4, 0.5) is 0 Å². The molecule has 0 atom stereocenters. The lowest BCUT2D eigenvalue weighted by Crippen LogP contribution is -2.13. The van der Waals surface area contributed by atoms with Crippen LogP contribution in [0.15, 0.2) is 205 Å². The second kappa shape index (κ2) is 13.7. The summed E-state index contributed by atoms with van der Waals surface area (Å²) < 4.78 is 13.6. The smallest absolute Gasteiger partial charge is 0.168 e. The number of aromatic nitrogens is 5. The lowest BCUT2D eigenvalue weighted by atomic mass is 9.97. The van der Waals surface area contributed by atoms with E-state index >= 15 is 0 Å². The van der Waals surface area contributed by atoms with E-state index < -0.39 is 0 Å². The zero-order chi connectivity index (χ0) is 40.7. The number of aryl methyl sites for hydroxylation is 1. The number of hydrogen-bond acceptors (Lipinski definition) is 3. The average Bonchev–Trinajstić information content (AvgIpc) is 4.12. The zero-order valence-electron chi connectivity index (χ0n) is 33.6. The predicted molar refractivity (Wildman–Crippen MR) is 253 cm³/mol. The molecule has 292 valence electrons. The summed E-state index contributed by atoms with van der Waals surface area (Å²) >= 11 is 0. The molecule has 0 amide bonds. The molecule has 0 fully saturated rings. The van der Waals surface area contributed by atoms with Crippen molar-refractivity contribution in [3.8, 4) is 45.3 Å². The van der Waals surface area contributed by atoms with E-state index in [1.165, 1.54) is 27.5 Å². The lowest BCUT2D eigenvalue weighted by Gasteiger charge is -2.22. The maximum atomic E-state index is 6.56. The van der Waals surface area contributed by atoms with Gasteiger partial charge in [0, 0.05) is 44.0 Å². The first-order chi connectivity index (χ1) is 30.8. The molecule has 4 aromatic heterocycles. The molecule has 1 aliphatic carbocycles. The Morgan fingerprint density at radius 2 is 1.05 bits per heavy atom. The summed E-state index contributed by atoms with van der Waals surface area (Å²) in [7, 11) is 0. The molecule has 0 spiro atoms. The van der Waals surface area contributed by atoms with E-state index in [0.29, 0.717) is 0 Å². The number of hydrogen-bond donors (Lipinski definition) is 0. The summed E-state index contributed by atoms with van der Waals surface area (Å²) in [6.07, 6.45) is 4.23. The maximum Gasteiger partial charge on any atom is 0.168 e. The highest BCUT2D eigenvalue weighted by atomic mass is 16.3. The van der Waals surface area contributed by atoms with Crippen molar-refractivity contribution in [2.45, 2.75) is 12.8 Å². The monoisotopic (exact) mass is 795 g/mol. The van der Waals surface area contributed by atoms with Crippen molar-refractivity contribution < 1.29 is 4.42 Å². The van der Waals surface area contributed by atoms with Crippen LogP contribution in [-0.4, -0.2) is 23.9 Å². The van der Waals surface area contributed by atoms with E-state index in [-0.39, 0.29) is 0 Å². The van der Waals surface area contributed by atoms with E-state index in [1.807, 2.05) is 18.2 Å². The number of fused-ring (bicyclic) bond motifs is 10. The van der Waals surface area contributed by atoms with Crippen molar-refractivity contribution in [1.29, 1.82) is 0 Å². The molecule has 0 radical (unpaired) electrons. The molecule has 0 aliphatic heterocycles. The number of rotatable bonds is 6. The first-order valence-corrected chi connectivity index (χ1v) is 21.2. The van der Waals surface area contributed by atoms with Crippen molar-refractivity contribution in [1.82, 2.24) is 23.9 Å². The fraction of sp³-hybridized carbons (Fsp3) is 0.0357. The van der Waals surface area contributed by atoms with Gasteiger partial charge in [-0.05, 0) is 84.1 Å². The molecule has 62 heavy (non-hydrogen) atoms. The minimum atomic E-state index is 0.819. The van der Waals surface area contributed by atoms with Crippen molar-refractivity contribution >= 4 is 60.3 Å². The standard InChI is InChI=1S/C56H37N5O/c1-3-15-37(16-4-1)55-57-58-56(38-17-5-2-6-18-38)61(55)50-27-14-24-44-42-21-7-10-25-47(42)60(53(44)50)41-20-13-19-39(35-41)36-29-31-40(32-30-36)59-48-26-11-8-23-46(48)52-49(59)34-33-45-43-22-9-12-28-51(43)62-54(45)52/h1-13,15-23,25-35H,14,24H2. The van der Waals surface area contributed by atoms with Crippen LogP contribution in [0.2, 0.25) is 0 Å². The molecular weight excluding hydrogens is 759 g/mol. The van der Waals surface area contributed by atoms with E-state index in [4.69, 9.17) is 14.6 Å². The van der Waals surface area contributed by atoms with E-state index in [2.05, 4.69) is 196 Å². The van der Waals surface area contributed by atoms with Crippen LogP contribution in [-0.2, 0) is 6.42 Å². The fourth-order valence-electron chi connectivity index (χ4n) is 9.95. The van der Waals surface area contributed by atoms with Crippen LogP contribution >= 0.6 is 0 Å². The molecule has 12 aromatic rings. The number of para-hydroxylation sites is 3. The van der Waals surface area contributed by atoms with Gasteiger partial charge in [0.05, 0.1) is 33.3 Å². The maximum absolute atomic E-state index is 6.56. The van der Waals surface area contributed by atoms with Gasteiger partial charge < -0.3 is 13.6 Å². The normalized spacial score (nSPS) is 12.8. The van der Waals surface area contributed by atoms with Crippen molar-refractivity contribution in [3.05, 3.63) is 211 Å². The van der Waals surface area contributed by atoms with Gasteiger partial charge >= 0.3 is 0 Å². The molecule has 0 unspecified atom stereocenters. The molecule has 6 heteroatoms. The predicted octanol–water partition coefficient (Wildman–Crippen LogP) is 14.1. The highest BCUT2D eigenvalue weighted by molar-refractivity contribution is 6.23. The van der Waals surface area contributed by atoms with Gasteiger partial charge in [-0.15, -0.1) is 10.2 Å². The second-order valence-corrected chi connectivity index (χ2v) is 16.1. The largest absolute Gasteiger partial charge is 0.455 e. The van der Waals surface area contributed by atoms with Crippen LogP contribution in [0.25, 0.3) is 106 Å². The number of benzene rings is 8. The molecule has 1 aliphatic rings. The first-order valence-electron chi connectivity index (χ1n) is 21.2. The molecule has 6 nitrogen and oxygen atoms in total. The molecule has 0 N–H and O–H groups in total. The Balaban J connectivity index is 0.950. The summed E-state index contributed by atoms with van der Waals surface area (Å²) in [5.41, 5.74) is 15.4. The molecule has 13 rings (SSSR count). The summed E-state index contributed by atoms with van der Waals surface area (Å²) in [5.74, 6) is 1.64. The molecular formula is C56H37N5O. The highest BCUT2D eigenvalue weighted by Gasteiger charge is 2.29. The molecule has 8 aromatic carbocycles. The van der Waals surface area contributed by atoms with Gasteiger partial charge in [0.2, 0.25) is 0 Å². The Hall–Kier alpha value is -8.22. The summed E-state index contributed by atoms with van der Waals surface area (Å²) in [6.45, 7) is 0. The Morgan fingerprint density at radius 1 is 0.419 bits per heavy atom. The molecule has 0 saturated carbocycles. The average molecular weight is 796 g/mol. The van der Waals surface area contributed by atoms with Gasteiger partial charge in [0.15, 0.2) is 11.6 Å². The van der Waals surface area contributed by atoms with Gasteiger partial charge in [-0.2, -0.15) is 0 Å². The summed E-state index contributed by atoms with van der Waals surface area (Å²) in [6, 6.07) is 69.0. The van der Waals surface area contributed by atoms with Crippen LogP contribution in [0.3, 0.4) is 0 Å². The Morgan fingerprint density at radius 3 is 1.79 bits per heavy atom. The minimum Gasteiger partial charge on any atom is -0.455 e. The number of furan rings is 1. The van der Waals surface area contributed by atoms with Gasteiger partial charge in [0.25, 0.3) is 0 Å². The fourth-order valence-corrected chi connectivity index (χ4v) is 9.95. The van der Waals surface area contributed by atoms with Crippen molar-refractivity contribution in [2.24, 2.45) is 0 Å². The Kier molecular flexibility index (Phi) is 7.63. The lowest BCUT2D eigenvalue weighted by molar-refractivity contribution is 0.673. The van der Waals surface area contributed by atoms with E-state index in [9.17, 15) is 0 Å². The van der Waals surface area contributed by atoms with E-state index in [1.54, 1.807) is 0 Å². The van der Waals surface area contributed by atoms with Crippen molar-refractivity contribution in [2.75, 3.05) is 0 Å². The first kappa shape index (κ1) is 34.6. The number of nitrogens with zero attached hydrogens (tertiary/aromatic N) is 5. The molecule has 0 bridgehead atoms. The SMILES string of the molecule is C1=C(n2c(-c3ccccc3)nnc2-c2ccccc2)c2c(c3ccccc3n2-c2cccc(-c3ccc(-n4c5ccccc5c5c6oc7ccccc7c6ccc54)cc3)c2)CC1. The Labute approximate surface area is 356 Å². The topological polar surface area (TPSA) is 53.7 Å².